The summed E-state index contributed by atoms with van der Waals surface area (Å²) in [5, 5.41) is 35.3. The van der Waals surface area contributed by atoms with Crippen LogP contribution in [0.15, 0.2) is 128 Å². The number of methoxy groups -OCH3 is 1. The summed E-state index contributed by atoms with van der Waals surface area (Å²) in [6, 6.07) is 18.9. The molecule has 89 heavy (non-hydrogen) atoms. The van der Waals surface area contributed by atoms with Crippen LogP contribution in [0.2, 0.25) is 0 Å². The first-order valence-electron chi connectivity index (χ1n) is 25.5. The van der Waals surface area contributed by atoms with Gasteiger partial charge in [-0.3, -0.25) is 11.4 Å². The summed E-state index contributed by atoms with van der Waals surface area (Å²) < 4.78 is 171. The number of aldehydes is 1. The molecule has 26 heteroatoms. The van der Waals surface area contributed by atoms with Gasteiger partial charge in [-0.05, 0) is 130 Å². The van der Waals surface area contributed by atoms with Gasteiger partial charge < -0.3 is 67.7 Å². The van der Waals surface area contributed by atoms with Crippen molar-refractivity contribution in [1.82, 2.24) is 0 Å². The van der Waals surface area contributed by atoms with Crippen molar-refractivity contribution < 1.29 is 119 Å². The Kier molecular flexibility index (Phi) is 52.2. The van der Waals surface area contributed by atoms with E-state index in [0.717, 1.165) is 67.8 Å². The molecule has 5 unspecified atom stereocenters. The Hall–Kier alpha value is -5.14. The summed E-state index contributed by atoms with van der Waals surface area (Å²) in [5.41, 5.74) is 2.42. The van der Waals surface area contributed by atoms with E-state index in [-0.39, 0.29) is 118 Å². The minimum absolute atomic E-state index is 0. The molecule has 0 spiro atoms. The zero-order chi connectivity index (χ0) is 64.0. The Bertz CT molecular complexity index is 2810. The molecule has 10 nitrogen and oxygen atoms in total. The van der Waals surface area contributed by atoms with Crippen LogP contribution in [0.3, 0.4) is 0 Å². The number of aliphatic carboxylic acids is 1. The van der Waals surface area contributed by atoms with E-state index in [0.29, 0.717) is 59.8 Å². The second-order valence-corrected chi connectivity index (χ2v) is 17.9. The number of epoxide rings is 2. The summed E-state index contributed by atoms with van der Waals surface area (Å²) in [4.78, 5) is 22.1. The maximum Gasteiger partial charge on any atom is 2.00 e. The Labute approximate surface area is 554 Å². The molecule has 4 N–H and O–H groups in total. The molecule has 0 saturated carbocycles. The fraction of sp³-hybridized carbons (Fsp3) is 0.333. The standard InChI is InChI=1S/C11H12F2O2.C10H10F2O2.C10H10F2O.C8H6F2O2.C8H8F2O.C8H6F2O.C4H8O.C2H3.CH3I.CH4.B.BrH.Mg/c1-14-10(11-6-15-11)4-7-2-8(12)5-9(13)3-7;11-7-1-6(2-8(12)4-7)3-9(13)10-5-14-10;1-2-10(13)5-7-3-8(11)6-9(12)4-7;9-6-1-5(3-8(11)12)2-7(10)4-6;2*9-7-3-6(1-2-11)4-8(10)5-7;1-2-4-5-3-1;2*1-2;;;;/h2-3,5,10-11H,4,6H2,1H3;1-2,4,9-10,13H,3,5H2;2-4,6,10,13H,1,5H2;1-2,4H,3H2,(H,11,12);3-5,11H,1-2H2;2-5H,1H2;1-4H2;1H,2H2;1H3;1H4;;1H;/q;;;;;;;-1;;;;;+2/p-1. The fourth-order valence-electron chi connectivity index (χ4n) is 7.14. The van der Waals surface area contributed by atoms with Gasteiger partial charge in [0.1, 0.15) is 88.3 Å². The van der Waals surface area contributed by atoms with Crippen molar-refractivity contribution in [2.45, 2.75) is 89.3 Å². The van der Waals surface area contributed by atoms with Gasteiger partial charge in [-0.1, -0.05) is 36.1 Å². The van der Waals surface area contributed by atoms with Gasteiger partial charge in [0.25, 0.3) is 0 Å². The van der Waals surface area contributed by atoms with Crippen molar-refractivity contribution >= 4 is 66.3 Å². The maximum atomic E-state index is 12.9. The van der Waals surface area contributed by atoms with Gasteiger partial charge in [-0.25, -0.2) is 52.7 Å². The smallest absolute Gasteiger partial charge is 1.00 e. The van der Waals surface area contributed by atoms with Gasteiger partial charge in [0, 0.05) is 97.4 Å². The molecule has 3 saturated heterocycles. The van der Waals surface area contributed by atoms with Crippen LogP contribution in [0.25, 0.3) is 0 Å². The Morgan fingerprint density at radius 3 is 1.16 bits per heavy atom. The number of carboxylic acids is 1. The zero-order valence-electron chi connectivity index (χ0n) is 47.9. The molecule has 0 aromatic heterocycles. The summed E-state index contributed by atoms with van der Waals surface area (Å²) in [6.45, 7) is 13.5. The van der Waals surface area contributed by atoms with E-state index in [1.165, 1.54) is 67.4 Å². The van der Waals surface area contributed by atoms with Gasteiger partial charge >= 0.3 is 29.0 Å². The average Bonchev–Trinajstić information content (AvgIpc) is 4.53. The third kappa shape index (κ3) is 43.3. The van der Waals surface area contributed by atoms with Gasteiger partial charge in [0.05, 0.1) is 37.9 Å². The van der Waals surface area contributed by atoms with Gasteiger partial charge in [-0.15, -0.1) is 6.58 Å². The molecule has 0 bridgehead atoms. The van der Waals surface area contributed by atoms with Gasteiger partial charge in [0.2, 0.25) is 0 Å². The number of carbonyl (C=O) groups is 2. The largest absolute Gasteiger partial charge is 2.00 e. The molecule has 6 aromatic carbocycles. The van der Waals surface area contributed by atoms with E-state index in [9.17, 15) is 67.4 Å². The number of hydrogen-bond acceptors (Lipinski definition) is 9. The monoisotopic (exact) mass is 1460 g/mol. The minimum atomic E-state index is -1.11. The number of aliphatic hydroxyl groups excluding tert-OH is 3. The van der Waals surface area contributed by atoms with E-state index < -0.39 is 88.0 Å². The summed E-state index contributed by atoms with van der Waals surface area (Å²) in [5.74, 6) is -8.76. The van der Waals surface area contributed by atoms with E-state index in [1.807, 2.05) is 4.93 Å². The Morgan fingerprint density at radius 2 is 0.888 bits per heavy atom. The quantitative estimate of drug-likeness (QED) is 0.0108. The van der Waals surface area contributed by atoms with Crippen LogP contribution in [0.4, 0.5) is 52.7 Å². The molecule has 3 fully saturated rings. The number of aliphatic hydroxyl groups is 3. The zero-order valence-corrected chi connectivity index (χ0v) is 53.1. The van der Waals surface area contributed by atoms with Gasteiger partial charge in [-0.2, -0.15) is 0 Å². The molecule has 0 aliphatic carbocycles. The van der Waals surface area contributed by atoms with Crippen molar-refractivity contribution in [3.63, 3.8) is 0 Å². The topological polar surface area (TPSA) is 159 Å². The number of carbonyl (C=O) groups excluding carboxylic acids is 1. The number of alkyl halides is 1. The first-order valence-corrected chi connectivity index (χ1v) is 27.7. The molecule has 485 valence electrons. The second-order valence-electron chi connectivity index (χ2n) is 17.9. The molecule has 3 radical (unpaired) electrons. The third-order valence-corrected chi connectivity index (χ3v) is 10.9. The predicted molar refractivity (Wildman–Crippen MR) is 322 cm³/mol. The number of ether oxygens (including phenoxy) is 4. The normalized spacial score (nSPS) is 14.1. The molecule has 9 rings (SSSR count). The van der Waals surface area contributed by atoms with Crippen molar-refractivity contribution in [3.8, 4) is 0 Å². The van der Waals surface area contributed by atoms with Crippen molar-refractivity contribution in [2.24, 2.45) is 0 Å². The van der Waals surface area contributed by atoms with Crippen molar-refractivity contribution in [3.05, 3.63) is 238 Å². The van der Waals surface area contributed by atoms with Crippen LogP contribution >= 0.6 is 22.6 Å². The van der Waals surface area contributed by atoms with Crippen molar-refractivity contribution in [1.29, 1.82) is 0 Å². The number of rotatable bonds is 16. The maximum absolute atomic E-state index is 12.9. The van der Waals surface area contributed by atoms with Crippen LogP contribution < -0.4 is 17.0 Å². The fourth-order valence-corrected chi connectivity index (χ4v) is 7.14. The van der Waals surface area contributed by atoms with E-state index in [4.69, 9.17) is 34.3 Å². The third-order valence-electron chi connectivity index (χ3n) is 10.9. The average molecular weight is 1460 g/mol. The second kappa shape index (κ2) is 51.5. The van der Waals surface area contributed by atoms with E-state index >= 15 is 0 Å². The molecule has 3 heterocycles. The molecule has 6 aromatic rings. The van der Waals surface area contributed by atoms with Crippen LogP contribution in [0.1, 0.15) is 53.6 Å². The minimum Gasteiger partial charge on any atom is -1.00 e. The first kappa shape index (κ1) is 90.3. The summed E-state index contributed by atoms with van der Waals surface area (Å²) in [7, 11) is 1.57. The van der Waals surface area contributed by atoms with Gasteiger partial charge in [0.15, 0.2) is 0 Å². The van der Waals surface area contributed by atoms with Crippen LogP contribution in [-0.4, -0.2) is 140 Å². The molecule has 3 aliphatic heterocycles. The molecular weight excluding hydrogens is 1390 g/mol. The SMILES string of the molecule is C.C1CCOC1.C=CC(O)Cc1cc(F)cc(F)c1.CI.COC(Cc1cc(F)cc(F)c1)C1CO1.O=C(O)Cc1cc(F)cc(F)c1.O=CCc1cc(F)cc(F)c1.OC(Cc1cc(F)cc(F)c1)C1CO1.OCCc1cc(F)cc(F)c1.[B].[Br-].[CH-]=C.[Mg+2]. The van der Waals surface area contributed by atoms with Crippen LogP contribution in [-0.2, 0) is 67.1 Å². The van der Waals surface area contributed by atoms with E-state index in [1.54, 1.807) is 7.11 Å². The molecule has 3 aliphatic rings. The Morgan fingerprint density at radius 1 is 0.584 bits per heavy atom. The molecular formula is C63H70BBrF12IMgO10. The number of carboxylic acid groups (broad SMARTS) is 1. The van der Waals surface area contributed by atoms with Crippen LogP contribution in [0.5, 0.6) is 0 Å². The summed E-state index contributed by atoms with van der Waals surface area (Å²) >= 11 is 2.15. The van der Waals surface area contributed by atoms with E-state index in [2.05, 4.69) is 42.3 Å². The van der Waals surface area contributed by atoms with Crippen LogP contribution in [0, 0.1) is 76.4 Å². The number of hydrogen-bond donors (Lipinski definition) is 4. The van der Waals surface area contributed by atoms with Crippen molar-refractivity contribution in [2.75, 3.05) is 45.1 Å². The predicted octanol–water partition coefficient (Wildman–Crippen LogP) is 9.37. The summed E-state index contributed by atoms with van der Waals surface area (Å²) in [6.07, 6.45) is 3.67. The Balaban J connectivity index is -0.000000471. The number of benzene rings is 6. The molecule has 5 atom stereocenters. The molecule has 0 amide bonds. The first-order chi connectivity index (χ1) is 40.5. The number of halogens is 14.